The first-order valence-corrected chi connectivity index (χ1v) is 7.10. The fourth-order valence-corrected chi connectivity index (χ4v) is 1.62. The lowest BCUT2D eigenvalue weighted by Crippen LogP contribution is -2.36. The van der Waals surface area contributed by atoms with Gasteiger partial charge in [-0.25, -0.2) is 0 Å². The van der Waals surface area contributed by atoms with E-state index in [1.165, 1.54) is 32.5 Å². The smallest absolute Gasteiger partial charge is 0.108 e. The van der Waals surface area contributed by atoms with E-state index in [9.17, 15) is 0 Å². The normalized spacial score (nSPS) is 15.6. The maximum Gasteiger partial charge on any atom is 0.108 e. The second-order valence-electron chi connectivity index (χ2n) is 3.37. The van der Waals surface area contributed by atoms with E-state index in [1.54, 1.807) is 0 Å². The van der Waals surface area contributed by atoms with Crippen LogP contribution in [-0.4, -0.2) is 37.2 Å². The van der Waals surface area contributed by atoms with E-state index in [4.69, 9.17) is 4.74 Å². The van der Waals surface area contributed by atoms with Crippen molar-refractivity contribution in [3.63, 3.8) is 0 Å². The zero-order chi connectivity index (χ0) is 13.5. The van der Waals surface area contributed by atoms with Gasteiger partial charge in [-0.2, -0.15) is 0 Å². The molecule has 0 atom stereocenters. The number of ether oxygens (including phenoxy) is 1. The Morgan fingerprint density at radius 2 is 1.65 bits per heavy atom. The Kier molecular flexibility index (Phi) is 17.2. The molecule has 2 nitrogen and oxygen atoms in total. The Hall–Kier alpha value is -0.520. The van der Waals surface area contributed by atoms with Gasteiger partial charge in [0.2, 0.25) is 0 Å². The molecule has 102 valence electrons. The first-order chi connectivity index (χ1) is 8.36. The van der Waals surface area contributed by atoms with Crippen LogP contribution in [0.15, 0.2) is 0 Å². The monoisotopic (exact) mass is 241 g/mol. The molecule has 0 unspecified atom stereocenters. The van der Waals surface area contributed by atoms with Crippen LogP contribution in [0.3, 0.4) is 0 Å². The van der Waals surface area contributed by atoms with Crippen LogP contribution in [0.5, 0.6) is 0 Å². The minimum atomic E-state index is 0.448. The molecule has 2 heteroatoms. The van der Waals surface area contributed by atoms with Gasteiger partial charge in [0.1, 0.15) is 6.61 Å². The van der Waals surface area contributed by atoms with Crippen molar-refractivity contribution in [1.29, 1.82) is 0 Å². The maximum absolute atomic E-state index is 5.62. The fraction of sp³-hybridized carbons (Fsp3) is 0.867. The predicted molar refractivity (Wildman–Crippen MR) is 77.2 cm³/mol. The van der Waals surface area contributed by atoms with E-state index in [2.05, 4.69) is 23.7 Å². The van der Waals surface area contributed by atoms with Crippen molar-refractivity contribution in [3.8, 4) is 11.8 Å². The Morgan fingerprint density at radius 1 is 1.12 bits per heavy atom. The minimum Gasteiger partial charge on any atom is -0.365 e. The zero-order valence-electron chi connectivity index (χ0n) is 12.7. The lowest BCUT2D eigenvalue weighted by Gasteiger charge is -2.30. The molecule has 1 rings (SSSR count). The second kappa shape index (κ2) is 15.5. The summed E-state index contributed by atoms with van der Waals surface area (Å²) in [6.45, 7) is 16.2. The van der Waals surface area contributed by atoms with Gasteiger partial charge in [0.05, 0.1) is 6.10 Å². The van der Waals surface area contributed by atoms with Gasteiger partial charge in [0.25, 0.3) is 0 Å². The highest BCUT2D eigenvalue weighted by Crippen LogP contribution is 2.12. The molecule has 0 aromatic heterocycles. The summed E-state index contributed by atoms with van der Waals surface area (Å²) in [4.78, 5) is 2.46. The van der Waals surface area contributed by atoms with Crippen molar-refractivity contribution >= 4 is 0 Å². The third-order valence-electron chi connectivity index (χ3n) is 2.55. The van der Waals surface area contributed by atoms with Crippen LogP contribution in [0.4, 0.5) is 0 Å². The molecule has 1 fully saturated rings. The Morgan fingerprint density at radius 3 is 2.06 bits per heavy atom. The van der Waals surface area contributed by atoms with Crippen LogP contribution < -0.4 is 0 Å². The fourth-order valence-electron chi connectivity index (χ4n) is 1.62. The Bertz CT molecular complexity index is 185. The van der Waals surface area contributed by atoms with E-state index < -0.39 is 0 Å². The molecule has 1 aliphatic rings. The van der Waals surface area contributed by atoms with Gasteiger partial charge in [-0.3, -0.25) is 0 Å². The van der Waals surface area contributed by atoms with Gasteiger partial charge in [0.15, 0.2) is 0 Å². The summed E-state index contributed by atoms with van der Waals surface area (Å²) in [5, 5.41) is 0. The quantitative estimate of drug-likeness (QED) is 0.701. The first kappa shape index (κ1) is 18.8. The highest BCUT2D eigenvalue weighted by atomic mass is 16.5. The van der Waals surface area contributed by atoms with Gasteiger partial charge in [0, 0.05) is 13.1 Å². The van der Waals surface area contributed by atoms with Crippen molar-refractivity contribution in [2.75, 3.05) is 26.2 Å². The van der Waals surface area contributed by atoms with E-state index in [1.807, 2.05) is 34.6 Å². The summed E-state index contributed by atoms with van der Waals surface area (Å²) in [7, 11) is 0. The van der Waals surface area contributed by atoms with Crippen molar-refractivity contribution in [1.82, 2.24) is 4.90 Å². The third-order valence-corrected chi connectivity index (χ3v) is 2.55. The molecule has 0 spiro atoms. The van der Waals surface area contributed by atoms with E-state index in [0.717, 1.165) is 0 Å². The molecular weight excluding hydrogens is 210 g/mol. The van der Waals surface area contributed by atoms with Crippen molar-refractivity contribution in [2.24, 2.45) is 0 Å². The number of rotatable bonds is 3. The number of hydrogen-bond donors (Lipinski definition) is 0. The zero-order valence-corrected chi connectivity index (χ0v) is 12.7. The van der Waals surface area contributed by atoms with Crippen LogP contribution in [0.1, 0.15) is 54.4 Å². The van der Waals surface area contributed by atoms with E-state index >= 15 is 0 Å². The largest absolute Gasteiger partial charge is 0.365 e. The van der Waals surface area contributed by atoms with Crippen LogP contribution in [-0.2, 0) is 4.74 Å². The summed E-state index contributed by atoms with van der Waals surface area (Å²) in [6, 6.07) is 0. The molecule has 0 amide bonds. The number of likely N-dealkylation sites (tertiary alicyclic amines) is 1. The van der Waals surface area contributed by atoms with Crippen molar-refractivity contribution in [2.45, 2.75) is 60.5 Å². The number of piperidine rings is 1. The van der Waals surface area contributed by atoms with Crippen LogP contribution in [0.2, 0.25) is 0 Å². The topological polar surface area (TPSA) is 12.5 Å². The number of hydrogen-bond acceptors (Lipinski definition) is 2. The van der Waals surface area contributed by atoms with Gasteiger partial charge < -0.3 is 9.64 Å². The molecule has 0 aromatic carbocycles. The van der Waals surface area contributed by atoms with E-state index in [0.29, 0.717) is 12.7 Å². The highest BCUT2D eigenvalue weighted by Gasteiger charge is 2.17. The molecule has 0 radical (unpaired) electrons. The highest BCUT2D eigenvalue weighted by molar-refractivity contribution is 4.95. The minimum absolute atomic E-state index is 0.448. The molecule has 17 heavy (non-hydrogen) atoms. The van der Waals surface area contributed by atoms with Gasteiger partial charge in [-0.05, 0) is 26.3 Å². The van der Waals surface area contributed by atoms with Crippen LogP contribution in [0, 0.1) is 11.8 Å². The molecule has 0 bridgehead atoms. The summed E-state index contributed by atoms with van der Waals surface area (Å²) in [5.41, 5.74) is 0. The molecule has 0 N–H and O–H groups in total. The van der Waals surface area contributed by atoms with Crippen LogP contribution in [0.25, 0.3) is 0 Å². The lowest BCUT2D eigenvalue weighted by atomic mass is 10.1. The molecular formula is C15H31NO. The molecule has 1 heterocycles. The van der Waals surface area contributed by atoms with Crippen LogP contribution >= 0.6 is 0 Å². The predicted octanol–water partition coefficient (Wildman–Crippen LogP) is 3.56. The Balaban J connectivity index is 0. The summed E-state index contributed by atoms with van der Waals surface area (Å²) >= 11 is 0. The first-order valence-electron chi connectivity index (χ1n) is 7.10. The second-order valence-corrected chi connectivity index (χ2v) is 3.37. The summed E-state index contributed by atoms with van der Waals surface area (Å²) < 4.78 is 5.62. The SMILES string of the molecule is CC.CC.CC#CCOC1CCN(CC)CC1. The average Bonchev–Trinajstić information content (AvgIpc) is 2.44. The average molecular weight is 241 g/mol. The maximum atomic E-state index is 5.62. The standard InChI is InChI=1S/C11H19NO.2C2H6/c1-3-5-10-13-11-6-8-12(4-2)9-7-11;2*1-2/h11H,4,6-10H2,1-2H3;2*1-2H3. The third kappa shape index (κ3) is 10.4. The lowest BCUT2D eigenvalue weighted by molar-refractivity contribution is 0.0259. The van der Waals surface area contributed by atoms with Crippen molar-refractivity contribution in [3.05, 3.63) is 0 Å². The number of nitrogens with zero attached hydrogens (tertiary/aromatic N) is 1. The summed E-state index contributed by atoms with van der Waals surface area (Å²) in [6.07, 6.45) is 2.78. The van der Waals surface area contributed by atoms with E-state index in [-0.39, 0.29) is 0 Å². The molecule has 1 aliphatic heterocycles. The molecule has 0 saturated carbocycles. The Labute approximate surface area is 109 Å². The molecule has 0 aromatic rings. The molecule has 0 aliphatic carbocycles. The van der Waals surface area contributed by atoms with Crippen molar-refractivity contribution < 1.29 is 4.74 Å². The van der Waals surface area contributed by atoms with Gasteiger partial charge in [-0.15, -0.1) is 5.92 Å². The van der Waals surface area contributed by atoms with Gasteiger partial charge in [-0.1, -0.05) is 40.5 Å². The van der Waals surface area contributed by atoms with Gasteiger partial charge >= 0.3 is 0 Å². The summed E-state index contributed by atoms with van der Waals surface area (Å²) in [5.74, 6) is 5.78. The molecule has 1 saturated heterocycles.